The standard InChI is InChI=1S/C20H33N3O3S.ClH/c1-2-13-21-14-15-22-20(24)12-9-18-7-10-19(11-8-18)27(25,26)23-16-5-3-4-6-17-23;/h7-8,10-11,21H,2-6,9,12-17H2,1H3,(H,22,24);1H. The second kappa shape index (κ2) is 13.1. The van der Waals surface area contributed by atoms with Gasteiger partial charge in [0.25, 0.3) is 0 Å². The summed E-state index contributed by atoms with van der Waals surface area (Å²) < 4.78 is 27.1. The van der Waals surface area contributed by atoms with Crippen LogP contribution in [0, 0.1) is 0 Å². The number of hydrogen-bond donors (Lipinski definition) is 2. The van der Waals surface area contributed by atoms with E-state index in [4.69, 9.17) is 0 Å². The largest absolute Gasteiger partial charge is 0.355 e. The van der Waals surface area contributed by atoms with Crippen molar-refractivity contribution in [3.63, 3.8) is 0 Å². The second-order valence-electron chi connectivity index (χ2n) is 7.06. The maximum Gasteiger partial charge on any atom is 0.243 e. The first kappa shape index (κ1) is 24.9. The molecule has 2 N–H and O–H groups in total. The zero-order valence-corrected chi connectivity index (χ0v) is 18.4. The molecule has 8 heteroatoms. The number of carbonyl (C=O) groups is 1. The van der Waals surface area contributed by atoms with Crippen molar-refractivity contribution in [3.8, 4) is 0 Å². The van der Waals surface area contributed by atoms with Gasteiger partial charge >= 0.3 is 0 Å². The van der Waals surface area contributed by atoms with Crippen molar-refractivity contribution >= 4 is 28.3 Å². The number of amides is 1. The number of sulfonamides is 1. The number of aryl methyl sites for hydroxylation is 1. The Kier molecular flexibility index (Phi) is 11.7. The third-order valence-corrected chi connectivity index (χ3v) is 6.73. The number of nitrogens with one attached hydrogen (secondary N) is 2. The SMILES string of the molecule is CCCNCCNC(=O)CCc1ccc(S(=O)(=O)N2CCCCCC2)cc1.Cl. The molecule has 1 aromatic carbocycles. The summed E-state index contributed by atoms with van der Waals surface area (Å²) in [5, 5.41) is 6.13. The molecule has 28 heavy (non-hydrogen) atoms. The Morgan fingerprint density at radius 1 is 1.00 bits per heavy atom. The summed E-state index contributed by atoms with van der Waals surface area (Å²) in [5.41, 5.74) is 0.976. The predicted octanol–water partition coefficient (Wildman–Crippen LogP) is 2.72. The van der Waals surface area contributed by atoms with Gasteiger partial charge < -0.3 is 10.6 Å². The van der Waals surface area contributed by atoms with Crippen molar-refractivity contribution in [2.24, 2.45) is 0 Å². The van der Waals surface area contributed by atoms with E-state index in [9.17, 15) is 13.2 Å². The van der Waals surface area contributed by atoms with E-state index in [0.29, 0.717) is 37.4 Å². The molecular formula is C20H34ClN3O3S. The highest BCUT2D eigenvalue weighted by molar-refractivity contribution is 7.89. The van der Waals surface area contributed by atoms with Gasteiger partial charge in [-0.1, -0.05) is 31.9 Å². The van der Waals surface area contributed by atoms with E-state index in [1.54, 1.807) is 16.4 Å². The zero-order chi connectivity index (χ0) is 19.5. The minimum atomic E-state index is -3.41. The molecule has 1 aliphatic rings. The summed E-state index contributed by atoms with van der Waals surface area (Å²) in [4.78, 5) is 12.2. The van der Waals surface area contributed by atoms with Crippen molar-refractivity contribution in [2.75, 3.05) is 32.7 Å². The Bertz CT molecular complexity index is 672. The van der Waals surface area contributed by atoms with Gasteiger partial charge in [0.15, 0.2) is 0 Å². The lowest BCUT2D eigenvalue weighted by molar-refractivity contribution is -0.121. The Hall–Kier alpha value is -1.15. The van der Waals surface area contributed by atoms with Crippen LogP contribution in [0.2, 0.25) is 0 Å². The third kappa shape index (κ3) is 8.07. The normalized spacial score (nSPS) is 15.5. The van der Waals surface area contributed by atoms with Gasteiger partial charge in [0.1, 0.15) is 0 Å². The van der Waals surface area contributed by atoms with Crippen molar-refractivity contribution in [1.29, 1.82) is 0 Å². The maximum atomic E-state index is 12.8. The van der Waals surface area contributed by atoms with Gasteiger partial charge in [0, 0.05) is 32.6 Å². The fraction of sp³-hybridized carbons (Fsp3) is 0.650. The van der Waals surface area contributed by atoms with Crippen LogP contribution < -0.4 is 10.6 Å². The van der Waals surface area contributed by atoms with Crippen LogP contribution in [0.3, 0.4) is 0 Å². The summed E-state index contributed by atoms with van der Waals surface area (Å²) in [5.74, 6) is 0.0227. The number of benzene rings is 1. The van der Waals surface area contributed by atoms with Crippen LogP contribution in [0.5, 0.6) is 0 Å². The van der Waals surface area contributed by atoms with Crippen LogP contribution in [0.4, 0.5) is 0 Å². The summed E-state index contributed by atoms with van der Waals surface area (Å²) in [7, 11) is -3.41. The van der Waals surface area contributed by atoms with E-state index in [0.717, 1.165) is 50.8 Å². The highest BCUT2D eigenvalue weighted by atomic mass is 35.5. The van der Waals surface area contributed by atoms with Gasteiger partial charge in [0.05, 0.1) is 4.90 Å². The lowest BCUT2D eigenvalue weighted by Gasteiger charge is -2.20. The zero-order valence-electron chi connectivity index (χ0n) is 16.8. The molecule has 160 valence electrons. The van der Waals surface area contributed by atoms with Crippen LogP contribution in [0.15, 0.2) is 29.2 Å². The molecule has 0 saturated carbocycles. The fourth-order valence-electron chi connectivity index (χ4n) is 3.20. The molecule has 0 radical (unpaired) electrons. The molecular weight excluding hydrogens is 398 g/mol. The molecule has 0 aliphatic carbocycles. The van der Waals surface area contributed by atoms with E-state index >= 15 is 0 Å². The van der Waals surface area contributed by atoms with Crippen molar-refractivity contribution in [1.82, 2.24) is 14.9 Å². The average Bonchev–Trinajstić information content (AvgIpc) is 2.96. The van der Waals surface area contributed by atoms with E-state index in [-0.39, 0.29) is 18.3 Å². The maximum absolute atomic E-state index is 12.8. The Labute approximate surface area is 175 Å². The van der Waals surface area contributed by atoms with Crippen LogP contribution in [-0.2, 0) is 21.2 Å². The van der Waals surface area contributed by atoms with Gasteiger partial charge in [-0.25, -0.2) is 8.42 Å². The van der Waals surface area contributed by atoms with Gasteiger partial charge in [-0.15, -0.1) is 12.4 Å². The van der Waals surface area contributed by atoms with Gasteiger partial charge in [0.2, 0.25) is 15.9 Å². The predicted molar refractivity (Wildman–Crippen MR) is 115 cm³/mol. The first-order chi connectivity index (χ1) is 13.0. The Balaban J connectivity index is 0.00000392. The highest BCUT2D eigenvalue weighted by Gasteiger charge is 2.24. The van der Waals surface area contributed by atoms with Crippen LogP contribution in [0.1, 0.15) is 51.0 Å². The smallest absolute Gasteiger partial charge is 0.243 e. The molecule has 1 amide bonds. The average molecular weight is 432 g/mol. The minimum Gasteiger partial charge on any atom is -0.355 e. The first-order valence-electron chi connectivity index (χ1n) is 10.1. The van der Waals surface area contributed by atoms with Crippen molar-refractivity contribution < 1.29 is 13.2 Å². The van der Waals surface area contributed by atoms with Crippen molar-refractivity contribution in [2.45, 2.75) is 56.8 Å². The molecule has 0 spiro atoms. The van der Waals surface area contributed by atoms with Gasteiger partial charge in [-0.2, -0.15) is 4.31 Å². The number of hydrogen-bond acceptors (Lipinski definition) is 4. The second-order valence-corrected chi connectivity index (χ2v) is 9.00. The van der Waals surface area contributed by atoms with Crippen LogP contribution >= 0.6 is 12.4 Å². The summed E-state index contributed by atoms with van der Waals surface area (Å²) in [6, 6.07) is 6.98. The molecule has 1 aliphatic heterocycles. The van der Waals surface area contributed by atoms with Gasteiger partial charge in [-0.3, -0.25) is 4.79 Å². The van der Waals surface area contributed by atoms with Crippen LogP contribution in [0.25, 0.3) is 0 Å². The summed E-state index contributed by atoms with van der Waals surface area (Å²) >= 11 is 0. The minimum absolute atomic E-state index is 0. The first-order valence-corrected chi connectivity index (χ1v) is 11.5. The monoisotopic (exact) mass is 431 g/mol. The molecule has 0 unspecified atom stereocenters. The third-order valence-electron chi connectivity index (χ3n) is 4.82. The number of rotatable bonds is 10. The van der Waals surface area contributed by atoms with E-state index in [1.165, 1.54) is 0 Å². The molecule has 0 bridgehead atoms. The van der Waals surface area contributed by atoms with E-state index in [1.807, 2.05) is 12.1 Å². The van der Waals surface area contributed by atoms with Gasteiger partial charge in [-0.05, 0) is 49.9 Å². The highest BCUT2D eigenvalue weighted by Crippen LogP contribution is 2.21. The number of nitrogens with zero attached hydrogens (tertiary/aromatic N) is 1. The summed E-state index contributed by atoms with van der Waals surface area (Å²) in [6.45, 7) is 5.70. The van der Waals surface area contributed by atoms with Crippen LogP contribution in [-0.4, -0.2) is 51.4 Å². The fourth-order valence-corrected chi connectivity index (χ4v) is 4.71. The topological polar surface area (TPSA) is 78.5 Å². The lowest BCUT2D eigenvalue weighted by Crippen LogP contribution is -2.32. The molecule has 2 rings (SSSR count). The lowest BCUT2D eigenvalue weighted by atomic mass is 10.1. The molecule has 1 fully saturated rings. The molecule has 6 nitrogen and oxygen atoms in total. The van der Waals surface area contributed by atoms with E-state index < -0.39 is 10.0 Å². The molecule has 1 aromatic rings. The molecule has 0 aromatic heterocycles. The number of halogens is 1. The molecule has 0 atom stereocenters. The Morgan fingerprint density at radius 2 is 1.64 bits per heavy atom. The molecule has 1 saturated heterocycles. The molecule has 1 heterocycles. The van der Waals surface area contributed by atoms with E-state index in [2.05, 4.69) is 17.6 Å². The summed E-state index contributed by atoms with van der Waals surface area (Å²) in [6.07, 6.45) is 6.16. The number of carbonyl (C=O) groups excluding carboxylic acids is 1. The Morgan fingerprint density at radius 3 is 2.25 bits per heavy atom. The quantitative estimate of drug-likeness (QED) is 0.558. The van der Waals surface area contributed by atoms with Crippen molar-refractivity contribution in [3.05, 3.63) is 29.8 Å².